The lowest BCUT2D eigenvalue weighted by Gasteiger charge is -2.39. The Kier molecular flexibility index (Phi) is 7.64. The zero-order chi connectivity index (χ0) is 24.1. The predicted octanol–water partition coefficient (Wildman–Crippen LogP) is 5.16. The van der Waals surface area contributed by atoms with Gasteiger partial charge in [0.05, 0.1) is 18.9 Å². The van der Waals surface area contributed by atoms with E-state index in [1.807, 2.05) is 6.07 Å². The molecular weight excluding hydrogens is 457 g/mol. The molecule has 180 valence electrons. The molecule has 1 fully saturated rings. The molecule has 9 heteroatoms. The van der Waals surface area contributed by atoms with Gasteiger partial charge in [0.15, 0.2) is 5.76 Å². The number of furan rings is 1. The van der Waals surface area contributed by atoms with Gasteiger partial charge in [-0.1, -0.05) is 19.1 Å². The number of piperazine rings is 1. The Bertz CT molecular complexity index is 1120. The molecule has 0 spiro atoms. The number of hydrogen-bond donors (Lipinski definition) is 1. The smallest absolute Gasteiger partial charge is 0.409 e. The molecule has 34 heavy (non-hydrogen) atoms. The van der Waals surface area contributed by atoms with Crippen molar-refractivity contribution in [2.45, 2.75) is 26.3 Å². The van der Waals surface area contributed by atoms with Crippen LogP contribution >= 0.6 is 11.3 Å². The number of benzene rings is 1. The second-order valence-corrected chi connectivity index (χ2v) is 9.10. The summed E-state index contributed by atoms with van der Waals surface area (Å²) in [6.07, 6.45) is 1.95. The van der Waals surface area contributed by atoms with E-state index in [-0.39, 0.29) is 29.6 Å². The summed E-state index contributed by atoms with van der Waals surface area (Å²) in [5.41, 5.74) is 1.69. The van der Waals surface area contributed by atoms with Crippen LogP contribution in [0.15, 0.2) is 53.1 Å². The maximum Gasteiger partial charge on any atom is 0.409 e. The van der Waals surface area contributed by atoms with Crippen LogP contribution in [0.2, 0.25) is 0 Å². The number of nitrogens with zero attached hydrogens (tertiary/aromatic N) is 2. The molecule has 3 heterocycles. The molecule has 0 unspecified atom stereocenters. The van der Waals surface area contributed by atoms with Crippen molar-refractivity contribution in [1.82, 2.24) is 9.80 Å². The lowest BCUT2D eigenvalue weighted by molar-refractivity contribution is 0.0715. The fourth-order valence-electron chi connectivity index (χ4n) is 4.15. The van der Waals surface area contributed by atoms with E-state index < -0.39 is 0 Å². The highest BCUT2D eigenvalue weighted by molar-refractivity contribution is 7.16. The lowest BCUT2D eigenvalue weighted by atomic mass is 9.97. The summed E-state index contributed by atoms with van der Waals surface area (Å²) in [6.45, 7) is 6.36. The zero-order valence-corrected chi connectivity index (χ0v) is 20.1. The highest BCUT2D eigenvalue weighted by Gasteiger charge is 2.32. The van der Waals surface area contributed by atoms with Gasteiger partial charge in [-0.3, -0.25) is 9.69 Å². The number of ether oxygens (including phenoxy) is 1. The first-order valence-corrected chi connectivity index (χ1v) is 12.2. The molecule has 1 N–H and O–H groups in total. The van der Waals surface area contributed by atoms with Gasteiger partial charge in [-0.25, -0.2) is 9.18 Å². The molecule has 1 aliphatic rings. The van der Waals surface area contributed by atoms with Crippen molar-refractivity contribution in [2.75, 3.05) is 38.1 Å². The van der Waals surface area contributed by atoms with E-state index in [4.69, 9.17) is 9.15 Å². The van der Waals surface area contributed by atoms with Crippen LogP contribution in [0.3, 0.4) is 0 Å². The molecule has 7 nitrogen and oxygen atoms in total. The van der Waals surface area contributed by atoms with Crippen LogP contribution in [-0.2, 0) is 11.2 Å². The molecule has 1 aliphatic heterocycles. The number of anilines is 1. The van der Waals surface area contributed by atoms with Crippen molar-refractivity contribution in [2.24, 2.45) is 0 Å². The number of rotatable bonds is 7. The van der Waals surface area contributed by atoms with Gasteiger partial charge in [-0.15, -0.1) is 11.3 Å². The lowest BCUT2D eigenvalue weighted by Crippen LogP contribution is -2.50. The number of hydrogen-bond acceptors (Lipinski definition) is 6. The van der Waals surface area contributed by atoms with Crippen molar-refractivity contribution in [1.29, 1.82) is 0 Å². The van der Waals surface area contributed by atoms with Crippen LogP contribution in [0.1, 0.15) is 46.4 Å². The minimum absolute atomic E-state index is 0.225. The van der Waals surface area contributed by atoms with E-state index in [1.54, 1.807) is 30.0 Å². The number of nitrogens with one attached hydrogen (secondary N) is 1. The van der Waals surface area contributed by atoms with Crippen LogP contribution in [0.5, 0.6) is 0 Å². The Labute approximate surface area is 202 Å². The summed E-state index contributed by atoms with van der Waals surface area (Å²) >= 11 is 1.51. The maximum atomic E-state index is 14.3. The molecule has 0 aliphatic carbocycles. The number of aryl methyl sites for hydroxylation is 1. The monoisotopic (exact) mass is 485 g/mol. The Hall–Kier alpha value is -3.17. The second-order valence-electron chi connectivity index (χ2n) is 7.96. The van der Waals surface area contributed by atoms with Crippen molar-refractivity contribution >= 4 is 28.3 Å². The third-order valence-electron chi connectivity index (χ3n) is 5.80. The normalized spacial score (nSPS) is 15.2. The number of carbonyl (C=O) groups is 2. The summed E-state index contributed by atoms with van der Waals surface area (Å²) in [4.78, 5) is 29.9. The van der Waals surface area contributed by atoms with Crippen LogP contribution in [0, 0.1) is 5.82 Å². The molecule has 3 aromatic rings. The van der Waals surface area contributed by atoms with Crippen LogP contribution in [0.4, 0.5) is 14.2 Å². The molecule has 0 radical (unpaired) electrons. The minimum Gasteiger partial charge on any atom is -0.459 e. The topological polar surface area (TPSA) is 75.0 Å². The number of carbonyl (C=O) groups excluding carboxylic acids is 2. The van der Waals surface area contributed by atoms with Gasteiger partial charge >= 0.3 is 6.09 Å². The Morgan fingerprint density at radius 2 is 1.94 bits per heavy atom. The molecular formula is C25H28FN3O4S. The number of amides is 2. The van der Waals surface area contributed by atoms with E-state index in [9.17, 15) is 14.0 Å². The standard InChI is InChI=1S/C25H28FN3O4S/c1-3-19-16-20(24(34-19)27-23(30)21-9-6-14-33-21)22(17-7-5-8-18(26)15-17)28-10-12-29(13-11-28)25(31)32-4-2/h5-9,14-16,22H,3-4,10-13H2,1-2H3,(H,27,30)/t22-/m1/s1. The van der Waals surface area contributed by atoms with Gasteiger partial charge in [0.2, 0.25) is 0 Å². The quantitative estimate of drug-likeness (QED) is 0.500. The van der Waals surface area contributed by atoms with Crippen molar-refractivity contribution in [3.05, 3.63) is 76.3 Å². The van der Waals surface area contributed by atoms with Crippen molar-refractivity contribution < 1.29 is 23.1 Å². The Morgan fingerprint density at radius 1 is 1.15 bits per heavy atom. The maximum absolute atomic E-state index is 14.3. The molecule has 1 aromatic carbocycles. The predicted molar refractivity (Wildman–Crippen MR) is 129 cm³/mol. The number of halogens is 1. The highest BCUT2D eigenvalue weighted by Crippen LogP contribution is 2.40. The van der Waals surface area contributed by atoms with Crippen LogP contribution in [0.25, 0.3) is 0 Å². The highest BCUT2D eigenvalue weighted by atomic mass is 32.1. The van der Waals surface area contributed by atoms with Crippen LogP contribution < -0.4 is 5.32 Å². The molecule has 1 atom stereocenters. The van der Waals surface area contributed by atoms with Crippen LogP contribution in [-0.4, -0.2) is 54.6 Å². The first-order valence-electron chi connectivity index (χ1n) is 11.4. The van der Waals surface area contributed by atoms with E-state index in [0.29, 0.717) is 37.8 Å². The molecule has 2 amide bonds. The third kappa shape index (κ3) is 5.31. The fourth-order valence-corrected chi connectivity index (χ4v) is 5.17. The first kappa shape index (κ1) is 24.0. The summed E-state index contributed by atoms with van der Waals surface area (Å²) in [5, 5.41) is 3.70. The average molecular weight is 486 g/mol. The number of thiophene rings is 1. The molecule has 4 rings (SSSR count). The zero-order valence-electron chi connectivity index (χ0n) is 19.3. The molecule has 2 aromatic heterocycles. The van der Waals surface area contributed by atoms with Gasteiger partial charge in [0.25, 0.3) is 5.91 Å². The summed E-state index contributed by atoms with van der Waals surface area (Å²) in [7, 11) is 0. The summed E-state index contributed by atoms with van der Waals surface area (Å²) in [5.74, 6) is -0.427. The van der Waals surface area contributed by atoms with Gasteiger partial charge in [-0.05, 0) is 49.2 Å². The van der Waals surface area contributed by atoms with E-state index in [1.165, 1.54) is 29.7 Å². The summed E-state index contributed by atoms with van der Waals surface area (Å²) < 4.78 is 24.7. The first-order chi connectivity index (χ1) is 16.5. The van der Waals surface area contributed by atoms with E-state index in [2.05, 4.69) is 23.2 Å². The van der Waals surface area contributed by atoms with Crippen molar-refractivity contribution in [3.63, 3.8) is 0 Å². The second kappa shape index (κ2) is 10.8. The van der Waals surface area contributed by atoms with Crippen molar-refractivity contribution in [3.8, 4) is 0 Å². The van der Waals surface area contributed by atoms with Gasteiger partial charge in [0.1, 0.15) is 10.8 Å². The molecule has 0 bridgehead atoms. The fraction of sp³-hybridized carbons (Fsp3) is 0.360. The Morgan fingerprint density at radius 3 is 2.59 bits per heavy atom. The van der Waals surface area contributed by atoms with Gasteiger partial charge in [0, 0.05) is 36.6 Å². The van der Waals surface area contributed by atoms with Gasteiger partial charge < -0.3 is 19.4 Å². The largest absolute Gasteiger partial charge is 0.459 e. The van der Waals surface area contributed by atoms with E-state index in [0.717, 1.165) is 22.4 Å². The Balaban J connectivity index is 1.67. The molecule has 0 saturated carbocycles. The summed E-state index contributed by atoms with van der Waals surface area (Å²) in [6, 6.07) is 11.6. The van der Waals surface area contributed by atoms with Gasteiger partial charge in [-0.2, -0.15) is 0 Å². The third-order valence-corrected chi connectivity index (χ3v) is 7.01. The minimum atomic E-state index is -0.333. The SMILES string of the molecule is CCOC(=O)N1CCN([C@H](c2cccc(F)c2)c2cc(CC)sc2NC(=O)c2ccco2)CC1. The average Bonchev–Trinajstić information content (AvgIpc) is 3.51. The molecule has 1 saturated heterocycles. The van der Waals surface area contributed by atoms with E-state index >= 15 is 0 Å².